The van der Waals surface area contributed by atoms with Gasteiger partial charge in [-0.05, 0) is 74.8 Å². The number of nitriles is 1. The largest absolute Gasteiger partial charge is 0.479 e. The minimum Gasteiger partial charge on any atom is -0.479 e. The molecular weight excluding hydrogens is 651 g/mol. The number of benzene rings is 1. The van der Waals surface area contributed by atoms with Gasteiger partial charge in [0.1, 0.15) is 23.0 Å². The highest BCUT2D eigenvalue weighted by atomic mass is 28.4. The van der Waals surface area contributed by atoms with Crippen molar-refractivity contribution in [3.05, 3.63) is 53.9 Å². The summed E-state index contributed by atoms with van der Waals surface area (Å²) >= 11 is 0. The number of nitrogens with zero attached hydrogens (tertiary/aromatic N) is 6. The van der Waals surface area contributed by atoms with Crippen LogP contribution in [0.25, 0.3) is 22.3 Å². The minimum absolute atomic E-state index is 0.00359. The summed E-state index contributed by atoms with van der Waals surface area (Å²) in [5, 5.41) is 14.7. The number of methoxy groups -OCH3 is 2. The standard InChI is InChI=1S/C37H49N7O5Si/c1-35(2,3)49-34(45)44-22-37(7,23-48-50(10,11)36(4,5)6)27-19-25(18-26(21-38)30(27)44)28-12-14-39-33(40-28)41-29-20-24-13-15-43(16-17-46-8)31(24)42-32(29)47-9/h12-15,18-20H,16-17,22-23H2,1-11H3,(H,39,40,41)/t37-/m1/s1. The highest BCUT2D eigenvalue weighted by Gasteiger charge is 2.47. The van der Waals surface area contributed by atoms with Crippen LogP contribution < -0.4 is 15.0 Å². The summed E-state index contributed by atoms with van der Waals surface area (Å²) in [4.78, 5) is 29.2. The van der Waals surface area contributed by atoms with Crippen molar-refractivity contribution in [3.8, 4) is 23.2 Å². The first-order chi connectivity index (χ1) is 23.4. The van der Waals surface area contributed by atoms with E-state index in [0.29, 0.717) is 66.3 Å². The molecule has 1 aliphatic rings. The van der Waals surface area contributed by atoms with E-state index in [4.69, 9.17) is 28.6 Å². The number of pyridine rings is 1. The third-order valence-electron chi connectivity index (χ3n) is 9.46. The van der Waals surface area contributed by atoms with E-state index in [1.165, 1.54) is 0 Å². The van der Waals surface area contributed by atoms with Crippen LogP contribution in [-0.4, -0.2) is 73.5 Å². The van der Waals surface area contributed by atoms with Gasteiger partial charge in [0.25, 0.3) is 0 Å². The molecule has 5 rings (SSSR count). The van der Waals surface area contributed by atoms with Crippen LogP contribution in [0.1, 0.15) is 59.6 Å². The zero-order valence-electron chi connectivity index (χ0n) is 31.1. The number of carbonyl (C=O) groups is 1. The van der Waals surface area contributed by atoms with Crippen molar-refractivity contribution in [2.75, 3.05) is 44.2 Å². The van der Waals surface area contributed by atoms with Gasteiger partial charge in [0.2, 0.25) is 11.8 Å². The monoisotopic (exact) mass is 699 g/mol. The quantitative estimate of drug-likeness (QED) is 0.163. The molecule has 1 aliphatic heterocycles. The summed E-state index contributed by atoms with van der Waals surface area (Å²) in [7, 11) is 1.08. The first-order valence-electron chi connectivity index (χ1n) is 16.8. The summed E-state index contributed by atoms with van der Waals surface area (Å²) in [6, 6.07) is 11.9. The lowest BCUT2D eigenvalue weighted by Crippen LogP contribution is -2.46. The maximum Gasteiger partial charge on any atom is 0.414 e. The zero-order valence-corrected chi connectivity index (χ0v) is 32.1. The third kappa shape index (κ3) is 7.47. The highest BCUT2D eigenvalue weighted by Crippen LogP contribution is 2.47. The molecule has 0 bridgehead atoms. The van der Waals surface area contributed by atoms with Gasteiger partial charge in [-0.3, -0.25) is 4.90 Å². The Morgan fingerprint density at radius 1 is 1.10 bits per heavy atom. The first-order valence-corrected chi connectivity index (χ1v) is 19.7. The Bertz CT molecular complexity index is 1940. The van der Waals surface area contributed by atoms with E-state index in [1.54, 1.807) is 37.4 Å². The van der Waals surface area contributed by atoms with E-state index in [9.17, 15) is 10.1 Å². The van der Waals surface area contributed by atoms with Gasteiger partial charge in [0.05, 0.1) is 30.7 Å². The fraction of sp³-hybridized carbons (Fsp3) is 0.486. The molecule has 4 heterocycles. The summed E-state index contributed by atoms with van der Waals surface area (Å²) in [6.45, 7) is 20.5. The number of amides is 1. The van der Waals surface area contributed by atoms with Crippen molar-refractivity contribution < 1.29 is 23.4 Å². The molecule has 0 spiro atoms. The molecule has 3 aromatic heterocycles. The Balaban J connectivity index is 1.54. The van der Waals surface area contributed by atoms with Gasteiger partial charge < -0.3 is 28.5 Å². The minimum atomic E-state index is -2.15. The second-order valence-corrected chi connectivity index (χ2v) is 20.4. The molecule has 4 aromatic rings. The first kappa shape index (κ1) is 36.8. The van der Waals surface area contributed by atoms with Crippen LogP contribution in [0.15, 0.2) is 42.7 Å². The molecule has 12 nitrogen and oxygen atoms in total. The fourth-order valence-corrected chi connectivity index (χ4v) is 6.81. The maximum atomic E-state index is 13.6. The van der Waals surface area contributed by atoms with E-state index in [1.807, 2.05) is 49.7 Å². The van der Waals surface area contributed by atoms with E-state index in [2.05, 4.69) is 57.2 Å². The van der Waals surface area contributed by atoms with Crippen LogP contribution in [0.4, 0.5) is 22.1 Å². The Labute approximate surface area is 295 Å². The molecule has 0 saturated heterocycles. The van der Waals surface area contributed by atoms with Gasteiger partial charge in [-0.25, -0.2) is 14.8 Å². The lowest BCUT2D eigenvalue weighted by Gasteiger charge is -2.39. The Morgan fingerprint density at radius 3 is 2.48 bits per heavy atom. The molecule has 0 unspecified atom stereocenters. The van der Waals surface area contributed by atoms with Gasteiger partial charge >= 0.3 is 6.09 Å². The topological polar surface area (TPSA) is 137 Å². The molecule has 50 heavy (non-hydrogen) atoms. The van der Waals surface area contributed by atoms with E-state index in [0.717, 1.165) is 16.6 Å². The fourth-order valence-electron chi connectivity index (χ4n) is 5.70. The van der Waals surface area contributed by atoms with Crippen molar-refractivity contribution >= 4 is 42.8 Å². The predicted molar refractivity (Wildman–Crippen MR) is 198 cm³/mol. The molecular formula is C37H49N7O5Si. The Hall–Kier alpha value is -4.51. The molecule has 1 amide bonds. The van der Waals surface area contributed by atoms with Crippen LogP contribution in [0.2, 0.25) is 18.1 Å². The van der Waals surface area contributed by atoms with Crippen LogP contribution in [0.5, 0.6) is 5.88 Å². The second-order valence-electron chi connectivity index (χ2n) is 15.6. The SMILES string of the molecule is COCCn1ccc2cc(Nc3nccc(-c4cc(C#N)c5c(c4)[C@@](C)(CO[Si](C)(C)C(C)(C)C)CN5C(=O)OC(C)(C)C)n3)c(OC)nc21. The normalized spacial score (nSPS) is 16.3. The van der Waals surface area contributed by atoms with Crippen LogP contribution >= 0.6 is 0 Å². The van der Waals surface area contributed by atoms with Crippen molar-refractivity contribution in [1.82, 2.24) is 19.5 Å². The van der Waals surface area contributed by atoms with Gasteiger partial charge in [0, 0.05) is 55.6 Å². The molecule has 0 radical (unpaired) electrons. The number of fused-ring (bicyclic) bond motifs is 2. The summed E-state index contributed by atoms with van der Waals surface area (Å²) < 4.78 is 25.5. The second kappa shape index (κ2) is 13.7. The maximum absolute atomic E-state index is 13.6. The van der Waals surface area contributed by atoms with Crippen LogP contribution in [-0.2, 0) is 25.9 Å². The third-order valence-corrected chi connectivity index (χ3v) is 13.9. The highest BCUT2D eigenvalue weighted by molar-refractivity contribution is 6.74. The lowest BCUT2D eigenvalue weighted by atomic mass is 9.83. The lowest BCUT2D eigenvalue weighted by molar-refractivity contribution is 0.0575. The number of ether oxygens (including phenoxy) is 3. The van der Waals surface area contributed by atoms with Crippen molar-refractivity contribution in [3.63, 3.8) is 0 Å². The summed E-state index contributed by atoms with van der Waals surface area (Å²) in [5.41, 5.74) is 3.10. The van der Waals surface area contributed by atoms with Gasteiger partial charge in [0.15, 0.2) is 8.32 Å². The molecule has 266 valence electrons. The molecule has 1 N–H and O–H groups in total. The number of carbonyl (C=O) groups excluding carboxylic acids is 1. The number of aromatic nitrogens is 4. The van der Waals surface area contributed by atoms with Crippen LogP contribution in [0, 0.1) is 11.3 Å². The Morgan fingerprint density at radius 2 is 1.84 bits per heavy atom. The number of nitrogens with one attached hydrogen (secondary N) is 1. The number of hydrogen-bond donors (Lipinski definition) is 1. The van der Waals surface area contributed by atoms with Crippen molar-refractivity contribution in [2.24, 2.45) is 0 Å². The van der Waals surface area contributed by atoms with Gasteiger partial charge in [-0.1, -0.05) is 27.7 Å². The van der Waals surface area contributed by atoms with Crippen molar-refractivity contribution in [2.45, 2.75) is 84.2 Å². The molecule has 0 saturated carbocycles. The number of rotatable bonds is 10. The van der Waals surface area contributed by atoms with E-state index >= 15 is 0 Å². The Kier molecular flexibility index (Phi) is 10.0. The molecule has 1 aromatic carbocycles. The number of hydrogen-bond acceptors (Lipinski definition) is 10. The average molecular weight is 700 g/mol. The zero-order chi connectivity index (χ0) is 36.6. The molecule has 0 aliphatic carbocycles. The summed E-state index contributed by atoms with van der Waals surface area (Å²) in [5.74, 6) is 0.729. The smallest absolute Gasteiger partial charge is 0.414 e. The molecule has 13 heteroatoms. The molecule has 0 fully saturated rings. The van der Waals surface area contributed by atoms with Gasteiger partial charge in [-0.15, -0.1) is 0 Å². The van der Waals surface area contributed by atoms with E-state index < -0.39 is 25.4 Å². The average Bonchev–Trinajstić information content (AvgIpc) is 3.58. The predicted octanol–water partition coefficient (Wildman–Crippen LogP) is 7.80. The number of anilines is 3. The van der Waals surface area contributed by atoms with Crippen LogP contribution in [0.3, 0.4) is 0 Å². The van der Waals surface area contributed by atoms with Crippen molar-refractivity contribution in [1.29, 1.82) is 5.26 Å². The summed E-state index contributed by atoms with van der Waals surface area (Å²) in [6.07, 6.45) is 3.13. The van der Waals surface area contributed by atoms with E-state index in [-0.39, 0.29) is 5.04 Å². The molecule has 1 atom stereocenters. The van der Waals surface area contributed by atoms with Gasteiger partial charge in [-0.2, -0.15) is 10.2 Å².